The number of nitrogens with one attached hydrogen (secondary N) is 1. The van der Waals surface area contributed by atoms with Gasteiger partial charge in [0.25, 0.3) is 0 Å². The number of rotatable bonds is 15. The van der Waals surface area contributed by atoms with E-state index in [1.165, 1.54) is 0 Å². The van der Waals surface area contributed by atoms with E-state index in [0.717, 1.165) is 17.6 Å². The van der Waals surface area contributed by atoms with Crippen LogP contribution in [-0.2, 0) is 35.0 Å². The summed E-state index contributed by atoms with van der Waals surface area (Å²) in [6.45, 7) is 16.0. The van der Waals surface area contributed by atoms with E-state index in [2.05, 4.69) is 30.6 Å². The van der Waals surface area contributed by atoms with Crippen molar-refractivity contribution in [3.63, 3.8) is 0 Å². The lowest BCUT2D eigenvalue weighted by atomic mass is 9.90. The van der Waals surface area contributed by atoms with Crippen molar-refractivity contribution in [2.24, 2.45) is 11.8 Å². The van der Waals surface area contributed by atoms with Gasteiger partial charge in [-0.25, -0.2) is 4.79 Å². The SMILES string of the molecule is C=C1CC(C(OC)C(C)C(=O)NC(Cc2ccccc2)C(=O)OC(C)(C)C)N(C(=O)CC(OC)C(C(C)CC)N(C)C)C1. The van der Waals surface area contributed by atoms with Crippen LogP contribution in [-0.4, -0.2) is 98.4 Å². The quantitative estimate of drug-likeness (QED) is 0.237. The zero-order valence-electron chi connectivity index (χ0n) is 28.0. The normalized spacial score (nSPS) is 19.8. The molecule has 0 saturated carbocycles. The van der Waals surface area contributed by atoms with Gasteiger partial charge in [-0.05, 0) is 52.8 Å². The molecular weight excluding hydrogens is 546 g/mol. The summed E-state index contributed by atoms with van der Waals surface area (Å²) in [5, 5.41) is 2.92. The Kier molecular flexibility index (Phi) is 13.9. The summed E-state index contributed by atoms with van der Waals surface area (Å²) < 4.78 is 17.4. The van der Waals surface area contributed by atoms with Gasteiger partial charge in [0.15, 0.2) is 0 Å². The number of carbonyl (C=O) groups excluding carboxylic acids is 3. The van der Waals surface area contributed by atoms with Crippen molar-refractivity contribution in [1.29, 1.82) is 0 Å². The highest BCUT2D eigenvalue weighted by atomic mass is 16.6. The van der Waals surface area contributed by atoms with Gasteiger partial charge >= 0.3 is 5.97 Å². The molecule has 1 heterocycles. The average molecular weight is 602 g/mol. The largest absolute Gasteiger partial charge is 0.458 e. The molecule has 0 aliphatic carbocycles. The van der Waals surface area contributed by atoms with Crippen LogP contribution < -0.4 is 5.32 Å². The molecule has 2 amide bonds. The number of nitrogens with zero attached hydrogens (tertiary/aromatic N) is 2. The van der Waals surface area contributed by atoms with Gasteiger partial charge in [0, 0.05) is 33.2 Å². The van der Waals surface area contributed by atoms with Gasteiger partial charge in [-0.2, -0.15) is 0 Å². The van der Waals surface area contributed by atoms with Crippen molar-refractivity contribution < 1.29 is 28.6 Å². The highest BCUT2D eigenvalue weighted by molar-refractivity contribution is 5.86. The van der Waals surface area contributed by atoms with Crippen LogP contribution in [0.2, 0.25) is 0 Å². The summed E-state index contributed by atoms with van der Waals surface area (Å²) in [5.41, 5.74) is 1.10. The predicted molar refractivity (Wildman–Crippen MR) is 169 cm³/mol. The number of methoxy groups -OCH3 is 2. The molecule has 9 heteroatoms. The minimum atomic E-state index is -0.878. The zero-order valence-corrected chi connectivity index (χ0v) is 28.0. The average Bonchev–Trinajstić information content (AvgIpc) is 3.32. The first kappa shape index (κ1) is 36.4. The molecule has 9 nitrogen and oxygen atoms in total. The van der Waals surface area contributed by atoms with Gasteiger partial charge in [-0.15, -0.1) is 0 Å². The van der Waals surface area contributed by atoms with Gasteiger partial charge in [0.1, 0.15) is 11.6 Å². The summed E-state index contributed by atoms with van der Waals surface area (Å²) in [5.74, 6) is -1.23. The third-order valence-corrected chi connectivity index (χ3v) is 8.34. The smallest absolute Gasteiger partial charge is 0.329 e. The van der Waals surface area contributed by atoms with Crippen LogP contribution in [0.3, 0.4) is 0 Å². The van der Waals surface area contributed by atoms with Crippen LogP contribution in [0, 0.1) is 11.8 Å². The molecule has 0 bridgehead atoms. The fourth-order valence-corrected chi connectivity index (χ4v) is 6.04. The van der Waals surface area contributed by atoms with Crippen molar-refractivity contribution in [3.8, 4) is 0 Å². The Hall–Kier alpha value is -2.75. The van der Waals surface area contributed by atoms with E-state index in [9.17, 15) is 14.4 Å². The first-order valence-corrected chi connectivity index (χ1v) is 15.4. The summed E-state index contributed by atoms with van der Waals surface area (Å²) in [7, 11) is 7.23. The second-order valence-electron chi connectivity index (χ2n) is 13.1. The Morgan fingerprint density at radius 3 is 2.23 bits per heavy atom. The number of benzene rings is 1. The van der Waals surface area contributed by atoms with Crippen LogP contribution >= 0.6 is 0 Å². The molecule has 1 N–H and O–H groups in total. The lowest BCUT2D eigenvalue weighted by Crippen LogP contribution is -2.54. The van der Waals surface area contributed by atoms with Crippen LogP contribution in [0.15, 0.2) is 42.5 Å². The Bertz CT molecular complexity index is 1070. The Morgan fingerprint density at radius 2 is 1.72 bits per heavy atom. The van der Waals surface area contributed by atoms with E-state index >= 15 is 0 Å². The zero-order chi connectivity index (χ0) is 32.5. The molecule has 1 aromatic rings. The van der Waals surface area contributed by atoms with Gasteiger partial charge < -0.3 is 29.3 Å². The van der Waals surface area contributed by atoms with Crippen LogP contribution in [0.4, 0.5) is 0 Å². The van der Waals surface area contributed by atoms with Crippen LogP contribution in [0.1, 0.15) is 66.4 Å². The monoisotopic (exact) mass is 601 g/mol. The Morgan fingerprint density at radius 1 is 1.09 bits per heavy atom. The van der Waals surface area contributed by atoms with Crippen LogP contribution in [0.25, 0.3) is 0 Å². The Labute approximate surface area is 259 Å². The predicted octanol–water partition coefficient (Wildman–Crippen LogP) is 4.25. The standard InChI is InChI=1S/C34H55N3O6/c1-12-23(3)30(36(8)9)28(41-10)20-29(38)37-21-22(2)18-27(37)31(42-11)24(4)32(39)35-26(33(40)43-34(5,6)7)19-25-16-14-13-15-17-25/h13-17,23-24,26-28,30-31H,2,12,18-21H2,1,3-11H3,(H,35,39). The molecule has 0 aromatic heterocycles. The van der Waals surface area contributed by atoms with E-state index in [1.807, 2.05) is 44.4 Å². The molecule has 242 valence electrons. The number of esters is 1. The minimum Gasteiger partial charge on any atom is -0.458 e. The molecule has 1 aromatic carbocycles. The fourth-order valence-electron chi connectivity index (χ4n) is 6.04. The topological polar surface area (TPSA) is 97.4 Å². The minimum absolute atomic E-state index is 0.0592. The van der Waals surface area contributed by atoms with E-state index < -0.39 is 29.6 Å². The Balaban J connectivity index is 2.25. The number of likely N-dealkylation sites (N-methyl/N-ethyl adjacent to an activating group) is 1. The number of likely N-dealkylation sites (tertiary alicyclic amines) is 1. The van der Waals surface area contributed by atoms with Crippen molar-refractivity contribution in [3.05, 3.63) is 48.0 Å². The van der Waals surface area contributed by atoms with E-state index in [4.69, 9.17) is 14.2 Å². The van der Waals surface area contributed by atoms with Crippen molar-refractivity contribution in [2.45, 2.75) is 103 Å². The van der Waals surface area contributed by atoms with Gasteiger partial charge in [-0.3, -0.25) is 9.59 Å². The van der Waals surface area contributed by atoms with Gasteiger partial charge in [0.05, 0.1) is 30.6 Å². The third kappa shape index (κ3) is 10.4. The molecule has 2 rings (SSSR count). The lowest BCUT2D eigenvalue weighted by Gasteiger charge is -2.38. The maximum absolute atomic E-state index is 13.8. The lowest BCUT2D eigenvalue weighted by molar-refractivity contribution is -0.159. The van der Waals surface area contributed by atoms with Crippen molar-refractivity contribution in [1.82, 2.24) is 15.1 Å². The summed E-state index contributed by atoms with van der Waals surface area (Å²) in [4.78, 5) is 44.5. The summed E-state index contributed by atoms with van der Waals surface area (Å²) in [6, 6.07) is 8.32. The van der Waals surface area contributed by atoms with Crippen molar-refractivity contribution in [2.75, 3.05) is 34.9 Å². The second kappa shape index (κ2) is 16.4. The highest BCUT2D eigenvalue weighted by Crippen LogP contribution is 2.31. The molecule has 0 spiro atoms. The number of amides is 2. The first-order valence-electron chi connectivity index (χ1n) is 15.4. The number of hydrogen-bond donors (Lipinski definition) is 1. The van der Waals surface area contributed by atoms with Gasteiger partial charge in [-0.1, -0.05) is 69.7 Å². The van der Waals surface area contributed by atoms with E-state index in [-0.39, 0.29) is 36.4 Å². The summed E-state index contributed by atoms with van der Waals surface area (Å²) >= 11 is 0. The molecule has 1 aliphatic rings. The molecule has 7 atom stereocenters. The maximum Gasteiger partial charge on any atom is 0.329 e. The number of carbonyl (C=O) groups is 3. The number of ether oxygens (including phenoxy) is 3. The van der Waals surface area contributed by atoms with E-state index in [1.54, 1.807) is 46.8 Å². The molecule has 1 fully saturated rings. The highest BCUT2D eigenvalue weighted by Gasteiger charge is 2.43. The third-order valence-electron chi connectivity index (χ3n) is 8.34. The summed E-state index contributed by atoms with van der Waals surface area (Å²) in [6.07, 6.45) is 1.09. The second-order valence-corrected chi connectivity index (χ2v) is 13.1. The van der Waals surface area contributed by atoms with E-state index in [0.29, 0.717) is 25.3 Å². The van der Waals surface area contributed by atoms with Crippen LogP contribution in [0.5, 0.6) is 0 Å². The molecule has 1 aliphatic heterocycles. The molecule has 1 saturated heterocycles. The first-order chi connectivity index (χ1) is 20.1. The molecule has 7 unspecified atom stereocenters. The molecular formula is C34H55N3O6. The molecule has 43 heavy (non-hydrogen) atoms. The van der Waals surface area contributed by atoms with Crippen molar-refractivity contribution >= 4 is 17.8 Å². The molecule has 0 radical (unpaired) electrons. The number of hydrogen-bond acceptors (Lipinski definition) is 7. The maximum atomic E-state index is 13.8. The van der Waals surface area contributed by atoms with Gasteiger partial charge in [0.2, 0.25) is 11.8 Å². The fraction of sp³-hybridized carbons (Fsp3) is 0.676.